The summed E-state index contributed by atoms with van der Waals surface area (Å²) < 4.78 is 3.75. The molecule has 5 heteroatoms. The van der Waals surface area contributed by atoms with E-state index in [0.717, 1.165) is 20.2 Å². The van der Waals surface area contributed by atoms with Crippen LogP contribution in [0.3, 0.4) is 0 Å². The minimum absolute atomic E-state index is 0.181. The number of hydrogen-bond donors (Lipinski definition) is 1. The lowest BCUT2D eigenvalue weighted by molar-refractivity contribution is 0.671. The Morgan fingerprint density at radius 1 is 1.38 bits per heavy atom. The molecule has 1 heterocycles. The molecule has 2 rings (SSSR count). The second-order valence-electron chi connectivity index (χ2n) is 3.53. The van der Waals surface area contributed by atoms with Crippen LogP contribution in [0.4, 0.5) is 0 Å². The molecule has 84 valence electrons. The molecule has 0 aliphatic rings. The van der Waals surface area contributed by atoms with E-state index in [0.29, 0.717) is 0 Å². The average Bonchev–Trinajstić information content (AvgIpc) is 2.58. The molecule has 2 N–H and O–H groups in total. The van der Waals surface area contributed by atoms with Crippen molar-refractivity contribution in [3.8, 4) is 0 Å². The van der Waals surface area contributed by atoms with E-state index < -0.39 is 0 Å². The molecule has 0 saturated heterocycles. The number of halogens is 2. The van der Waals surface area contributed by atoms with E-state index in [1.54, 1.807) is 10.9 Å². The van der Waals surface area contributed by atoms with Crippen molar-refractivity contribution < 1.29 is 0 Å². The molecule has 1 aromatic heterocycles. The van der Waals surface area contributed by atoms with Gasteiger partial charge in [0.1, 0.15) is 0 Å². The van der Waals surface area contributed by atoms with Crippen molar-refractivity contribution >= 4 is 31.9 Å². The summed E-state index contributed by atoms with van der Waals surface area (Å²) in [7, 11) is 1.89. The minimum Gasteiger partial charge on any atom is -0.319 e. The SMILES string of the molecule is Cn1ncc(Br)c1C(N)c1cccc(Br)c1. The highest BCUT2D eigenvalue weighted by Gasteiger charge is 2.16. The molecular formula is C11H11Br2N3. The molecule has 2 aromatic rings. The van der Waals surface area contributed by atoms with E-state index in [9.17, 15) is 0 Å². The highest BCUT2D eigenvalue weighted by molar-refractivity contribution is 9.10. The quantitative estimate of drug-likeness (QED) is 0.910. The summed E-state index contributed by atoms with van der Waals surface area (Å²) in [5, 5.41) is 4.16. The largest absolute Gasteiger partial charge is 0.319 e. The first-order valence-electron chi connectivity index (χ1n) is 4.78. The Morgan fingerprint density at radius 2 is 2.12 bits per heavy atom. The second-order valence-corrected chi connectivity index (χ2v) is 5.30. The molecule has 0 spiro atoms. The zero-order chi connectivity index (χ0) is 11.7. The third-order valence-electron chi connectivity index (χ3n) is 2.44. The maximum atomic E-state index is 6.22. The van der Waals surface area contributed by atoms with Gasteiger partial charge >= 0.3 is 0 Å². The molecule has 0 amide bonds. The van der Waals surface area contributed by atoms with E-state index in [1.807, 2.05) is 31.3 Å². The first-order valence-corrected chi connectivity index (χ1v) is 6.36. The van der Waals surface area contributed by atoms with Crippen LogP contribution in [0.5, 0.6) is 0 Å². The van der Waals surface area contributed by atoms with Crippen LogP contribution in [0.2, 0.25) is 0 Å². The maximum Gasteiger partial charge on any atom is 0.0735 e. The smallest absolute Gasteiger partial charge is 0.0735 e. The number of nitrogens with two attached hydrogens (primary N) is 1. The molecule has 0 saturated carbocycles. The highest BCUT2D eigenvalue weighted by atomic mass is 79.9. The van der Waals surface area contributed by atoms with Crippen molar-refractivity contribution in [2.45, 2.75) is 6.04 Å². The fraction of sp³-hybridized carbons (Fsp3) is 0.182. The fourth-order valence-electron chi connectivity index (χ4n) is 1.63. The summed E-state index contributed by atoms with van der Waals surface area (Å²) >= 11 is 6.90. The van der Waals surface area contributed by atoms with Gasteiger partial charge in [0.05, 0.1) is 22.4 Å². The molecule has 0 aliphatic heterocycles. The van der Waals surface area contributed by atoms with Crippen molar-refractivity contribution in [1.82, 2.24) is 9.78 Å². The van der Waals surface area contributed by atoms with Crippen molar-refractivity contribution in [3.05, 3.63) is 50.7 Å². The van der Waals surface area contributed by atoms with Crippen LogP contribution in [0, 0.1) is 0 Å². The van der Waals surface area contributed by atoms with Crippen molar-refractivity contribution in [1.29, 1.82) is 0 Å². The molecule has 0 aliphatic carbocycles. The lowest BCUT2D eigenvalue weighted by Crippen LogP contribution is -2.16. The molecule has 1 atom stereocenters. The fourth-order valence-corrected chi connectivity index (χ4v) is 2.64. The Kier molecular flexibility index (Phi) is 3.47. The summed E-state index contributed by atoms with van der Waals surface area (Å²) in [5.74, 6) is 0. The Bertz CT molecular complexity index is 488. The van der Waals surface area contributed by atoms with Gasteiger partial charge in [-0.1, -0.05) is 28.1 Å². The van der Waals surface area contributed by atoms with Gasteiger partial charge in [-0.05, 0) is 33.6 Å². The normalized spacial score (nSPS) is 12.8. The third-order valence-corrected chi connectivity index (χ3v) is 3.54. The van der Waals surface area contributed by atoms with Crippen LogP contribution >= 0.6 is 31.9 Å². The Morgan fingerprint density at radius 3 is 2.69 bits per heavy atom. The molecule has 0 radical (unpaired) electrons. The van der Waals surface area contributed by atoms with E-state index in [-0.39, 0.29) is 6.04 Å². The van der Waals surface area contributed by atoms with Crippen molar-refractivity contribution in [2.24, 2.45) is 12.8 Å². The molecule has 0 bridgehead atoms. The van der Waals surface area contributed by atoms with E-state index in [4.69, 9.17) is 5.73 Å². The van der Waals surface area contributed by atoms with Gasteiger partial charge in [-0.2, -0.15) is 5.10 Å². The third kappa shape index (κ3) is 2.21. The van der Waals surface area contributed by atoms with Gasteiger partial charge in [-0.15, -0.1) is 0 Å². The second kappa shape index (κ2) is 4.69. The number of rotatable bonds is 2. The Labute approximate surface area is 111 Å². The zero-order valence-corrected chi connectivity index (χ0v) is 11.9. The summed E-state index contributed by atoms with van der Waals surface area (Å²) in [6.45, 7) is 0. The molecule has 0 fully saturated rings. The van der Waals surface area contributed by atoms with Crippen molar-refractivity contribution in [3.63, 3.8) is 0 Å². The minimum atomic E-state index is -0.181. The van der Waals surface area contributed by atoms with Crippen LogP contribution in [-0.4, -0.2) is 9.78 Å². The molecular weight excluding hydrogens is 334 g/mol. The van der Waals surface area contributed by atoms with Gasteiger partial charge in [0.2, 0.25) is 0 Å². The monoisotopic (exact) mass is 343 g/mol. The molecule has 1 unspecified atom stereocenters. The van der Waals surface area contributed by atoms with Gasteiger partial charge in [0.25, 0.3) is 0 Å². The van der Waals surface area contributed by atoms with Crippen LogP contribution < -0.4 is 5.73 Å². The van der Waals surface area contributed by atoms with Crippen LogP contribution in [0.1, 0.15) is 17.3 Å². The van der Waals surface area contributed by atoms with E-state index in [1.165, 1.54) is 0 Å². The van der Waals surface area contributed by atoms with Gasteiger partial charge < -0.3 is 5.73 Å². The van der Waals surface area contributed by atoms with Crippen molar-refractivity contribution in [2.75, 3.05) is 0 Å². The predicted molar refractivity (Wildman–Crippen MR) is 71.1 cm³/mol. The molecule has 3 nitrogen and oxygen atoms in total. The zero-order valence-electron chi connectivity index (χ0n) is 8.69. The molecule has 1 aromatic carbocycles. The first-order chi connectivity index (χ1) is 7.59. The molecule has 16 heavy (non-hydrogen) atoms. The Balaban J connectivity index is 2.43. The summed E-state index contributed by atoms with van der Waals surface area (Å²) in [6.07, 6.45) is 1.76. The first kappa shape index (κ1) is 11.8. The van der Waals surface area contributed by atoms with Gasteiger partial charge in [-0.25, -0.2) is 0 Å². The van der Waals surface area contributed by atoms with Gasteiger partial charge in [0.15, 0.2) is 0 Å². The lowest BCUT2D eigenvalue weighted by Gasteiger charge is -2.13. The number of hydrogen-bond acceptors (Lipinski definition) is 2. The summed E-state index contributed by atoms with van der Waals surface area (Å²) in [4.78, 5) is 0. The number of nitrogens with zero attached hydrogens (tertiary/aromatic N) is 2. The maximum absolute atomic E-state index is 6.22. The average molecular weight is 345 g/mol. The standard InChI is InChI=1S/C11H11Br2N3/c1-16-11(9(13)6-15-16)10(14)7-3-2-4-8(12)5-7/h2-6,10H,14H2,1H3. The number of aromatic nitrogens is 2. The highest BCUT2D eigenvalue weighted by Crippen LogP contribution is 2.27. The van der Waals surface area contributed by atoms with E-state index in [2.05, 4.69) is 37.0 Å². The predicted octanol–water partition coefficient (Wildman–Crippen LogP) is 2.99. The number of aryl methyl sites for hydroxylation is 1. The Hall–Kier alpha value is -0.650. The summed E-state index contributed by atoms with van der Waals surface area (Å²) in [6, 6.07) is 7.80. The van der Waals surface area contributed by atoms with E-state index >= 15 is 0 Å². The van der Waals surface area contributed by atoms with Crippen LogP contribution in [0.15, 0.2) is 39.4 Å². The van der Waals surface area contributed by atoms with Gasteiger partial charge in [0, 0.05) is 11.5 Å². The summed E-state index contributed by atoms with van der Waals surface area (Å²) in [5.41, 5.74) is 8.24. The lowest BCUT2D eigenvalue weighted by atomic mass is 10.1. The van der Waals surface area contributed by atoms with Crippen LogP contribution in [-0.2, 0) is 7.05 Å². The topological polar surface area (TPSA) is 43.8 Å². The number of benzene rings is 1. The van der Waals surface area contributed by atoms with Gasteiger partial charge in [-0.3, -0.25) is 4.68 Å². The van der Waals surface area contributed by atoms with Crippen LogP contribution in [0.25, 0.3) is 0 Å².